The van der Waals surface area contributed by atoms with Crippen LogP contribution in [0, 0.1) is 0 Å². The molecule has 17 heavy (non-hydrogen) atoms. The number of rotatable bonds is 3. The molecule has 0 unspecified atom stereocenters. The Kier molecular flexibility index (Phi) is 5.20. The predicted octanol–water partition coefficient (Wildman–Crippen LogP) is 0.562. The third-order valence-electron chi connectivity index (χ3n) is 2.37. The van der Waals surface area contributed by atoms with Gasteiger partial charge in [-0.2, -0.15) is 0 Å². The van der Waals surface area contributed by atoms with E-state index >= 15 is 0 Å². The van der Waals surface area contributed by atoms with Crippen LogP contribution in [0.1, 0.15) is 13.3 Å². The molecule has 1 fully saturated rings. The molecule has 1 heterocycles. The largest absolute Gasteiger partial charge is 0.364 e. The third kappa shape index (κ3) is 3.85. The molecule has 0 N–H and O–H groups in total. The van der Waals surface area contributed by atoms with Crippen molar-refractivity contribution in [1.29, 1.82) is 0 Å². The fourth-order valence-corrected chi connectivity index (χ4v) is 2.12. The van der Waals surface area contributed by atoms with Gasteiger partial charge in [0.2, 0.25) is 11.8 Å². The maximum Gasteiger partial charge on any atom is 0.235 e. The summed E-state index contributed by atoms with van der Waals surface area (Å²) < 4.78 is 0.695. The molecule has 0 aliphatic carbocycles. The van der Waals surface area contributed by atoms with Crippen LogP contribution in [0.4, 0.5) is 0 Å². The molecule has 1 rings (SSSR count). The molecule has 0 bridgehead atoms. The van der Waals surface area contributed by atoms with E-state index in [0.29, 0.717) is 29.8 Å². The molecule has 1 aliphatic rings. The van der Waals surface area contributed by atoms with E-state index in [-0.39, 0.29) is 11.8 Å². The third-order valence-corrected chi connectivity index (χ3v) is 4.10. The molecule has 1 aliphatic heterocycles. The van der Waals surface area contributed by atoms with E-state index in [4.69, 9.17) is 12.2 Å². The summed E-state index contributed by atoms with van der Waals surface area (Å²) in [5.41, 5.74) is 0. The molecule has 7 heteroatoms. The van der Waals surface area contributed by atoms with Crippen molar-refractivity contribution in [1.82, 2.24) is 14.7 Å². The second-order valence-electron chi connectivity index (χ2n) is 3.95. The summed E-state index contributed by atoms with van der Waals surface area (Å²) >= 11 is 6.42. The topological polar surface area (TPSA) is 43.9 Å². The Balaban J connectivity index is 2.24. The van der Waals surface area contributed by atoms with Crippen LogP contribution >= 0.6 is 24.0 Å². The van der Waals surface area contributed by atoms with Gasteiger partial charge in [-0.05, 0) is 0 Å². The highest BCUT2D eigenvalue weighted by Crippen LogP contribution is 2.14. The lowest BCUT2D eigenvalue weighted by molar-refractivity contribution is -0.157. The summed E-state index contributed by atoms with van der Waals surface area (Å²) in [6.07, 6.45) is 0.488. The highest BCUT2D eigenvalue weighted by Gasteiger charge is 2.30. The molecule has 0 spiro atoms. The molecule has 96 valence electrons. The van der Waals surface area contributed by atoms with E-state index in [2.05, 4.69) is 0 Å². The minimum Gasteiger partial charge on any atom is -0.364 e. The Morgan fingerprint density at radius 1 is 1.24 bits per heavy atom. The smallest absolute Gasteiger partial charge is 0.235 e. The lowest BCUT2D eigenvalue weighted by Gasteiger charge is -2.42. The normalized spacial score (nSPS) is 14.3. The molecule has 0 saturated carbocycles. The molecule has 5 nitrogen and oxygen atoms in total. The summed E-state index contributed by atoms with van der Waals surface area (Å²) in [6, 6.07) is 0. The number of carbonyl (C=O) groups is 2. The van der Waals surface area contributed by atoms with Gasteiger partial charge in [0.15, 0.2) is 0 Å². The molecule has 0 aromatic rings. The van der Waals surface area contributed by atoms with Crippen molar-refractivity contribution in [2.24, 2.45) is 0 Å². The number of thioether (sulfide) groups is 1. The van der Waals surface area contributed by atoms with Gasteiger partial charge in [0.25, 0.3) is 0 Å². The Labute approximate surface area is 111 Å². The number of carbonyl (C=O) groups excluding carboxylic acids is 2. The minimum absolute atomic E-state index is 0.0272. The van der Waals surface area contributed by atoms with Gasteiger partial charge >= 0.3 is 0 Å². The number of nitrogens with zero attached hydrogens (tertiary/aromatic N) is 3. The average Bonchev–Trinajstić information content (AvgIpc) is 2.23. The molecule has 0 aromatic heterocycles. The first-order chi connectivity index (χ1) is 7.95. The zero-order chi connectivity index (χ0) is 13.0. The van der Waals surface area contributed by atoms with Gasteiger partial charge < -0.3 is 14.7 Å². The van der Waals surface area contributed by atoms with Gasteiger partial charge in [0.05, 0.1) is 19.1 Å². The maximum atomic E-state index is 11.7. The van der Waals surface area contributed by atoms with Crippen molar-refractivity contribution in [2.45, 2.75) is 13.3 Å². The first kappa shape index (κ1) is 14.2. The fraction of sp³-hybridized carbons (Fsp3) is 0.700. The van der Waals surface area contributed by atoms with Gasteiger partial charge in [-0.1, -0.05) is 30.9 Å². The molecule has 1 saturated heterocycles. The second kappa shape index (κ2) is 6.20. The van der Waals surface area contributed by atoms with Gasteiger partial charge in [-0.25, -0.2) is 0 Å². The Morgan fingerprint density at radius 2 is 1.76 bits per heavy atom. The summed E-state index contributed by atoms with van der Waals surface area (Å²) in [4.78, 5) is 28.1. The molecule has 0 atom stereocenters. The number of hydrogen-bond donors (Lipinski definition) is 0. The van der Waals surface area contributed by atoms with Crippen LogP contribution in [-0.2, 0) is 9.59 Å². The maximum absolute atomic E-state index is 11.7. The van der Waals surface area contributed by atoms with Crippen LogP contribution in [0.2, 0.25) is 0 Å². The van der Waals surface area contributed by atoms with E-state index in [0.717, 1.165) is 0 Å². The second-order valence-corrected chi connectivity index (χ2v) is 5.56. The number of thiocarbonyl (C=S) groups is 1. The SMILES string of the molecule is CCC(=O)N1CN(C(=O)CSC(=S)N(C)C)C1. The highest BCUT2D eigenvalue weighted by atomic mass is 32.2. The standard InChI is InChI=1S/C10H17N3O2S2/c1-4-8(14)12-6-13(7-12)9(15)5-17-10(16)11(2)3/h4-7H2,1-3H3. The van der Waals surface area contributed by atoms with Gasteiger partial charge in [0, 0.05) is 20.5 Å². The Morgan fingerprint density at radius 3 is 2.24 bits per heavy atom. The van der Waals surface area contributed by atoms with E-state index in [9.17, 15) is 9.59 Å². The summed E-state index contributed by atoms with van der Waals surface area (Å²) in [7, 11) is 3.70. The minimum atomic E-state index is 0.0272. The predicted molar refractivity (Wildman–Crippen MR) is 72.5 cm³/mol. The first-order valence-electron chi connectivity index (χ1n) is 5.35. The van der Waals surface area contributed by atoms with Gasteiger partial charge in [0.1, 0.15) is 4.32 Å². The van der Waals surface area contributed by atoms with Crippen LogP contribution in [0.5, 0.6) is 0 Å². The first-order valence-corrected chi connectivity index (χ1v) is 6.74. The van der Waals surface area contributed by atoms with Crippen molar-refractivity contribution >= 4 is 40.1 Å². The van der Waals surface area contributed by atoms with Crippen molar-refractivity contribution in [2.75, 3.05) is 33.2 Å². The molecule has 2 amide bonds. The van der Waals surface area contributed by atoms with Gasteiger partial charge in [-0.15, -0.1) is 0 Å². The summed E-state index contributed by atoms with van der Waals surface area (Å²) in [6.45, 7) is 2.65. The number of hydrogen-bond acceptors (Lipinski definition) is 4. The van der Waals surface area contributed by atoms with Crippen molar-refractivity contribution in [3.8, 4) is 0 Å². The quantitative estimate of drug-likeness (QED) is 0.704. The zero-order valence-electron chi connectivity index (χ0n) is 10.3. The lowest BCUT2D eigenvalue weighted by Crippen LogP contribution is -2.59. The van der Waals surface area contributed by atoms with E-state index in [1.807, 2.05) is 21.0 Å². The van der Waals surface area contributed by atoms with Crippen LogP contribution in [0.3, 0.4) is 0 Å². The van der Waals surface area contributed by atoms with Crippen LogP contribution in [0.15, 0.2) is 0 Å². The summed E-state index contributed by atoms with van der Waals surface area (Å²) in [5, 5.41) is 0. The highest BCUT2D eigenvalue weighted by molar-refractivity contribution is 8.23. The Bertz CT molecular complexity index is 328. The summed E-state index contributed by atoms with van der Waals surface area (Å²) in [5.74, 6) is 0.454. The monoisotopic (exact) mass is 275 g/mol. The number of amides is 2. The van der Waals surface area contributed by atoms with Crippen molar-refractivity contribution in [3.63, 3.8) is 0 Å². The zero-order valence-corrected chi connectivity index (χ0v) is 11.9. The fourth-order valence-electron chi connectivity index (χ4n) is 1.25. The average molecular weight is 275 g/mol. The van der Waals surface area contributed by atoms with E-state index in [1.54, 1.807) is 14.7 Å². The molecular weight excluding hydrogens is 258 g/mol. The van der Waals surface area contributed by atoms with E-state index in [1.165, 1.54) is 11.8 Å². The molecular formula is C10H17N3O2S2. The van der Waals surface area contributed by atoms with E-state index < -0.39 is 0 Å². The van der Waals surface area contributed by atoms with Crippen LogP contribution in [0.25, 0.3) is 0 Å². The van der Waals surface area contributed by atoms with Crippen molar-refractivity contribution in [3.05, 3.63) is 0 Å². The lowest BCUT2D eigenvalue weighted by atomic mass is 10.3. The van der Waals surface area contributed by atoms with Crippen LogP contribution < -0.4 is 0 Å². The molecule has 0 aromatic carbocycles. The van der Waals surface area contributed by atoms with Crippen LogP contribution in [-0.4, -0.2) is 64.0 Å². The van der Waals surface area contributed by atoms with Crippen molar-refractivity contribution < 1.29 is 9.59 Å². The Hall–Kier alpha value is -0.820. The molecule has 0 radical (unpaired) electrons. The van der Waals surface area contributed by atoms with Gasteiger partial charge in [-0.3, -0.25) is 9.59 Å².